The Kier molecular flexibility index (Phi) is 3.56. The zero-order chi connectivity index (χ0) is 7.61. The lowest BCUT2D eigenvalue weighted by Crippen LogP contribution is -2.06. The minimum atomic E-state index is -0.235. The van der Waals surface area contributed by atoms with E-state index < -0.39 is 0 Å². The fraction of sp³-hybridized carbons (Fsp3) is 0.333. The van der Waals surface area contributed by atoms with Gasteiger partial charge in [-0.1, -0.05) is 30.3 Å². The van der Waals surface area contributed by atoms with Gasteiger partial charge in [0.05, 0.1) is 4.87 Å². The SMILES string of the molecule is CC(C)(Cl)c1ccccc1.N. The predicted molar refractivity (Wildman–Crippen MR) is 50.3 cm³/mol. The third-order valence-corrected chi connectivity index (χ3v) is 1.68. The maximum absolute atomic E-state index is 6.06. The average Bonchev–Trinajstić information content (AvgIpc) is 1.88. The van der Waals surface area contributed by atoms with Crippen molar-refractivity contribution in [1.82, 2.24) is 6.15 Å². The van der Waals surface area contributed by atoms with Crippen molar-refractivity contribution in [2.24, 2.45) is 0 Å². The van der Waals surface area contributed by atoms with E-state index in [-0.39, 0.29) is 11.0 Å². The number of hydrogen-bond donors (Lipinski definition) is 1. The molecule has 2 heteroatoms. The van der Waals surface area contributed by atoms with Crippen molar-refractivity contribution < 1.29 is 0 Å². The molecule has 0 saturated heterocycles. The van der Waals surface area contributed by atoms with Crippen LogP contribution in [0.25, 0.3) is 0 Å². The molecule has 0 bridgehead atoms. The molecule has 0 atom stereocenters. The van der Waals surface area contributed by atoms with Gasteiger partial charge in [-0.05, 0) is 19.4 Å². The molecule has 62 valence electrons. The van der Waals surface area contributed by atoms with E-state index in [1.165, 1.54) is 0 Å². The van der Waals surface area contributed by atoms with E-state index in [1.807, 2.05) is 44.2 Å². The number of rotatable bonds is 1. The topological polar surface area (TPSA) is 35.0 Å². The fourth-order valence-corrected chi connectivity index (χ4v) is 0.960. The lowest BCUT2D eigenvalue weighted by molar-refractivity contribution is 0.766. The van der Waals surface area contributed by atoms with Crippen LogP contribution in [0.4, 0.5) is 0 Å². The highest BCUT2D eigenvalue weighted by Gasteiger charge is 2.14. The van der Waals surface area contributed by atoms with Gasteiger partial charge in [-0.2, -0.15) is 0 Å². The first-order valence-electron chi connectivity index (χ1n) is 3.35. The molecule has 1 aromatic rings. The Morgan fingerprint density at radius 1 is 1.09 bits per heavy atom. The summed E-state index contributed by atoms with van der Waals surface area (Å²) in [5, 5.41) is 0. The van der Waals surface area contributed by atoms with Crippen LogP contribution in [-0.2, 0) is 4.87 Å². The monoisotopic (exact) mass is 171 g/mol. The van der Waals surface area contributed by atoms with Gasteiger partial charge in [0, 0.05) is 0 Å². The summed E-state index contributed by atoms with van der Waals surface area (Å²) >= 11 is 6.06. The standard InChI is InChI=1S/C9H11Cl.H3N/c1-9(2,10)8-6-4-3-5-7-8;/h3-7H,1-2H3;1H3. The summed E-state index contributed by atoms with van der Waals surface area (Å²) in [6.45, 7) is 3.98. The molecule has 0 radical (unpaired) electrons. The van der Waals surface area contributed by atoms with Gasteiger partial charge in [-0.25, -0.2) is 0 Å². The average molecular weight is 172 g/mol. The predicted octanol–water partition coefficient (Wildman–Crippen LogP) is 3.32. The summed E-state index contributed by atoms with van der Waals surface area (Å²) in [5.74, 6) is 0. The Balaban J connectivity index is 0.000001000. The van der Waals surface area contributed by atoms with E-state index in [0.29, 0.717) is 0 Å². The molecule has 0 aliphatic carbocycles. The molecule has 0 aliphatic rings. The van der Waals surface area contributed by atoms with E-state index in [4.69, 9.17) is 11.6 Å². The molecule has 0 heterocycles. The molecule has 1 aromatic carbocycles. The number of alkyl halides is 1. The van der Waals surface area contributed by atoms with Crippen molar-refractivity contribution >= 4 is 11.6 Å². The Labute approximate surface area is 73.0 Å². The van der Waals surface area contributed by atoms with E-state index in [0.717, 1.165) is 5.56 Å². The van der Waals surface area contributed by atoms with Gasteiger partial charge in [-0.15, -0.1) is 11.6 Å². The quantitative estimate of drug-likeness (QED) is 0.647. The minimum Gasteiger partial charge on any atom is -0.344 e. The second kappa shape index (κ2) is 3.74. The summed E-state index contributed by atoms with van der Waals surface area (Å²) in [7, 11) is 0. The van der Waals surface area contributed by atoms with Crippen molar-refractivity contribution in [2.75, 3.05) is 0 Å². The van der Waals surface area contributed by atoms with Crippen molar-refractivity contribution in [3.63, 3.8) is 0 Å². The van der Waals surface area contributed by atoms with Crippen molar-refractivity contribution in [3.05, 3.63) is 35.9 Å². The molecule has 0 unspecified atom stereocenters. The second-order valence-corrected chi connectivity index (χ2v) is 3.78. The number of benzene rings is 1. The summed E-state index contributed by atoms with van der Waals surface area (Å²) < 4.78 is 0. The lowest BCUT2D eigenvalue weighted by Gasteiger charge is -2.15. The van der Waals surface area contributed by atoms with Gasteiger partial charge < -0.3 is 6.15 Å². The van der Waals surface area contributed by atoms with Crippen LogP contribution < -0.4 is 6.15 Å². The molecule has 1 nitrogen and oxygen atoms in total. The third-order valence-electron chi connectivity index (χ3n) is 1.46. The third kappa shape index (κ3) is 2.91. The van der Waals surface area contributed by atoms with Crippen LogP contribution in [-0.4, -0.2) is 0 Å². The first-order chi connectivity index (χ1) is 4.61. The summed E-state index contributed by atoms with van der Waals surface area (Å²) in [5.41, 5.74) is 1.16. The van der Waals surface area contributed by atoms with Crippen molar-refractivity contribution in [3.8, 4) is 0 Å². The Bertz CT molecular complexity index is 201. The maximum Gasteiger partial charge on any atom is 0.0638 e. The normalized spacial score (nSPS) is 10.5. The molecule has 0 aromatic heterocycles. The van der Waals surface area contributed by atoms with Crippen LogP contribution in [0.2, 0.25) is 0 Å². The van der Waals surface area contributed by atoms with Gasteiger partial charge in [0.15, 0.2) is 0 Å². The number of halogens is 1. The Hall–Kier alpha value is -0.530. The van der Waals surface area contributed by atoms with Gasteiger partial charge in [0.1, 0.15) is 0 Å². The second-order valence-electron chi connectivity index (χ2n) is 2.84. The summed E-state index contributed by atoms with van der Waals surface area (Å²) in [4.78, 5) is -0.235. The van der Waals surface area contributed by atoms with Crippen LogP contribution in [0.1, 0.15) is 19.4 Å². The van der Waals surface area contributed by atoms with Gasteiger partial charge in [-0.3, -0.25) is 0 Å². The molecule has 0 fully saturated rings. The highest BCUT2D eigenvalue weighted by Crippen LogP contribution is 2.26. The van der Waals surface area contributed by atoms with Crippen molar-refractivity contribution in [1.29, 1.82) is 0 Å². The highest BCUT2D eigenvalue weighted by atomic mass is 35.5. The molecule has 0 spiro atoms. The molecule has 0 aliphatic heterocycles. The summed E-state index contributed by atoms with van der Waals surface area (Å²) in [6, 6.07) is 10.1. The van der Waals surface area contributed by atoms with E-state index in [2.05, 4.69) is 0 Å². The van der Waals surface area contributed by atoms with Crippen LogP contribution in [0.15, 0.2) is 30.3 Å². The van der Waals surface area contributed by atoms with Gasteiger partial charge in [0.2, 0.25) is 0 Å². The Morgan fingerprint density at radius 2 is 1.55 bits per heavy atom. The lowest BCUT2D eigenvalue weighted by atomic mass is 10.0. The highest BCUT2D eigenvalue weighted by molar-refractivity contribution is 6.23. The van der Waals surface area contributed by atoms with Crippen molar-refractivity contribution in [2.45, 2.75) is 18.7 Å². The zero-order valence-corrected chi connectivity index (χ0v) is 7.73. The maximum atomic E-state index is 6.06. The van der Waals surface area contributed by atoms with Crippen LogP contribution in [0.3, 0.4) is 0 Å². The molecular formula is C9H14ClN. The van der Waals surface area contributed by atoms with Gasteiger partial charge in [0.25, 0.3) is 0 Å². The van der Waals surface area contributed by atoms with Crippen LogP contribution in [0, 0.1) is 0 Å². The smallest absolute Gasteiger partial charge is 0.0638 e. The van der Waals surface area contributed by atoms with E-state index >= 15 is 0 Å². The fourth-order valence-electron chi connectivity index (χ4n) is 0.834. The van der Waals surface area contributed by atoms with Crippen LogP contribution >= 0.6 is 11.6 Å². The van der Waals surface area contributed by atoms with E-state index in [9.17, 15) is 0 Å². The largest absolute Gasteiger partial charge is 0.344 e. The molecule has 1 rings (SSSR count). The molecule has 11 heavy (non-hydrogen) atoms. The molecule has 0 amide bonds. The molecular weight excluding hydrogens is 158 g/mol. The van der Waals surface area contributed by atoms with E-state index in [1.54, 1.807) is 0 Å². The van der Waals surface area contributed by atoms with Crippen LogP contribution in [0.5, 0.6) is 0 Å². The number of hydrogen-bond acceptors (Lipinski definition) is 1. The summed E-state index contributed by atoms with van der Waals surface area (Å²) in [6.07, 6.45) is 0. The first-order valence-corrected chi connectivity index (χ1v) is 3.73. The molecule has 0 saturated carbocycles. The Morgan fingerprint density at radius 3 is 1.82 bits per heavy atom. The first kappa shape index (κ1) is 10.5. The zero-order valence-electron chi connectivity index (χ0n) is 6.97. The minimum absolute atomic E-state index is 0. The van der Waals surface area contributed by atoms with Gasteiger partial charge >= 0.3 is 0 Å². The molecule has 3 N–H and O–H groups in total.